The van der Waals surface area contributed by atoms with E-state index >= 15 is 0 Å². The van der Waals surface area contributed by atoms with Crippen LogP contribution in [0.15, 0.2) is 45.8 Å². The van der Waals surface area contributed by atoms with Gasteiger partial charge >= 0.3 is 5.97 Å². The first-order valence-electron chi connectivity index (χ1n) is 7.78. The molecule has 0 amide bonds. The molecule has 2 heterocycles. The van der Waals surface area contributed by atoms with Crippen LogP contribution in [0.3, 0.4) is 0 Å². The second kappa shape index (κ2) is 6.80. The van der Waals surface area contributed by atoms with Gasteiger partial charge in [0.1, 0.15) is 12.3 Å². The molecule has 0 saturated heterocycles. The zero-order valence-corrected chi connectivity index (χ0v) is 15.8. The Morgan fingerprint density at radius 3 is 2.52 bits per heavy atom. The number of pyridine rings is 1. The summed E-state index contributed by atoms with van der Waals surface area (Å²) in [6.07, 6.45) is 1.65. The average Bonchev–Trinajstić information content (AvgIpc) is 2.52. The Bertz CT molecular complexity index is 1020. The second-order valence-corrected chi connectivity index (χ2v) is 6.93. The van der Waals surface area contributed by atoms with Crippen LogP contribution in [0.25, 0.3) is 5.65 Å². The van der Waals surface area contributed by atoms with Gasteiger partial charge in [0.2, 0.25) is 0 Å². The molecule has 0 aliphatic rings. The third-order valence-electron chi connectivity index (χ3n) is 3.91. The van der Waals surface area contributed by atoms with Crippen molar-refractivity contribution in [2.45, 2.75) is 27.4 Å². The molecule has 0 unspecified atom stereocenters. The van der Waals surface area contributed by atoms with Gasteiger partial charge in [-0.15, -0.1) is 0 Å². The van der Waals surface area contributed by atoms with Crippen LogP contribution < -0.4 is 5.56 Å². The van der Waals surface area contributed by atoms with Gasteiger partial charge in [0.15, 0.2) is 0 Å². The minimum Gasteiger partial charge on any atom is -0.456 e. The summed E-state index contributed by atoms with van der Waals surface area (Å²) in [7, 11) is 0. The van der Waals surface area contributed by atoms with Gasteiger partial charge in [0, 0.05) is 16.7 Å². The number of carbonyl (C=O) groups is 1. The van der Waals surface area contributed by atoms with Crippen LogP contribution in [0.4, 0.5) is 0 Å². The molecule has 0 bridgehead atoms. The molecule has 0 fully saturated rings. The molecule has 3 aromatic rings. The summed E-state index contributed by atoms with van der Waals surface area (Å²) in [4.78, 5) is 29.0. The van der Waals surface area contributed by atoms with Crippen molar-refractivity contribution in [2.24, 2.45) is 0 Å². The Morgan fingerprint density at radius 2 is 1.84 bits per heavy atom. The van der Waals surface area contributed by atoms with Crippen LogP contribution in [0.2, 0.25) is 0 Å². The zero-order chi connectivity index (χ0) is 18.1. The standard InChI is InChI=1S/C19H17BrN2O3/c1-11-6-12(2)18(13(3)7-11)19(24)25-10-15-8-17(23)22-9-14(20)4-5-16(22)21-15/h4-9H,10H2,1-3H3. The van der Waals surface area contributed by atoms with Crippen molar-refractivity contribution in [3.63, 3.8) is 0 Å². The van der Waals surface area contributed by atoms with Gasteiger partial charge in [0.25, 0.3) is 5.56 Å². The van der Waals surface area contributed by atoms with Gasteiger partial charge in [-0.2, -0.15) is 0 Å². The molecule has 2 aromatic heterocycles. The molecule has 0 radical (unpaired) electrons. The molecular formula is C19H17BrN2O3. The molecular weight excluding hydrogens is 384 g/mol. The molecule has 5 nitrogen and oxygen atoms in total. The van der Waals surface area contributed by atoms with Crippen LogP contribution in [-0.4, -0.2) is 15.4 Å². The Kier molecular flexibility index (Phi) is 4.72. The molecule has 1 aromatic carbocycles. The number of halogens is 1. The number of carbonyl (C=O) groups excluding carboxylic acids is 1. The number of benzene rings is 1. The number of rotatable bonds is 3. The molecule has 0 atom stereocenters. The monoisotopic (exact) mass is 400 g/mol. The number of aromatic nitrogens is 2. The fourth-order valence-electron chi connectivity index (χ4n) is 2.91. The lowest BCUT2D eigenvalue weighted by molar-refractivity contribution is 0.0466. The topological polar surface area (TPSA) is 60.7 Å². The van der Waals surface area contributed by atoms with E-state index in [0.717, 1.165) is 21.2 Å². The van der Waals surface area contributed by atoms with E-state index in [2.05, 4.69) is 20.9 Å². The van der Waals surface area contributed by atoms with Crippen molar-refractivity contribution in [1.29, 1.82) is 0 Å². The smallest absolute Gasteiger partial charge is 0.339 e. The quantitative estimate of drug-likeness (QED) is 0.628. The maximum atomic E-state index is 12.4. The summed E-state index contributed by atoms with van der Waals surface area (Å²) in [5.74, 6) is -0.409. The molecule has 0 spiro atoms. The maximum Gasteiger partial charge on any atom is 0.339 e. The van der Waals surface area contributed by atoms with Crippen molar-refractivity contribution < 1.29 is 9.53 Å². The lowest BCUT2D eigenvalue weighted by atomic mass is 10.00. The Morgan fingerprint density at radius 1 is 1.16 bits per heavy atom. The molecule has 6 heteroatoms. The lowest BCUT2D eigenvalue weighted by Gasteiger charge is -2.11. The van der Waals surface area contributed by atoms with Gasteiger partial charge in [-0.1, -0.05) is 17.7 Å². The van der Waals surface area contributed by atoms with Crippen LogP contribution in [0.1, 0.15) is 32.7 Å². The van der Waals surface area contributed by atoms with E-state index < -0.39 is 5.97 Å². The highest BCUT2D eigenvalue weighted by Gasteiger charge is 2.15. The van der Waals surface area contributed by atoms with E-state index in [0.29, 0.717) is 16.9 Å². The van der Waals surface area contributed by atoms with Gasteiger partial charge in [0.05, 0.1) is 11.3 Å². The third-order valence-corrected chi connectivity index (χ3v) is 4.38. The summed E-state index contributed by atoms with van der Waals surface area (Å²) in [5.41, 5.74) is 4.11. The van der Waals surface area contributed by atoms with Crippen molar-refractivity contribution in [1.82, 2.24) is 9.38 Å². The minimum absolute atomic E-state index is 0.0482. The molecule has 0 aliphatic heterocycles. The van der Waals surface area contributed by atoms with Gasteiger partial charge < -0.3 is 4.74 Å². The van der Waals surface area contributed by atoms with Gasteiger partial charge in [-0.05, 0) is 60.0 Å². The van der Waals surface area contributed by atoms with Crippen LogP contribution >= 0.6 is 15.9 Å². The molecule has 0 N–H and O–H groups in total. The first-order chi connectivity index (χ1) is 11.8. The summed E-state index contributed by atoms with van der Waals surface area (Å²) >= 11 is 3.32. The summed E-state index contributed by atoms with van der Waals surface area (Å²) in [6.45, 7) is 5.71. The van der Waals surface area contributed by atoms with Crippen molar-refractivity contribution in [3.05, 3.63) is 79.3 Å². The number of hydrogen-bond donors (Lipinski definition) is 0. The fourth-order valence-corrected chi connectivity index (χ4v) is 3.25. The predicted molar refractivity (Wildman–Crippen MR) is 98.9 cm³/mol. The van der Waals surface area contributed by atoms with E-state index in [-0.39, 0.29) is 12.2 Å². The van der Waals surface area contributed by atoms with Gasteiger partial charge in [-0.3, -0.25) is 9.20 Å². The number of hydrogen-bond acceptors (Lipinski definition) is 4. The minimum atomic E-state index is -0.409. The van der Waals surface area contributed by atoms with Crippen molar-refractivity contribution >= 4 is 27.5 Å². The van der Waals surface area contributed by atoms with Crippen molar-refractivity contribution in [3.8, 4) is 0 Å². The number of aryl methyl sites for hydroxylation is 3. The van der Waals surface area contributed by atoms with E-state index in [1.807, 2.05) is 32.9 Å². The molecule has 3 rings (SSSR count). The molecule has 128 valence electrons. The Hall–Kier alpha value is -2.47. The number of esters is 1. The summed E-state index contributed by atoms with van der Waals surface area (Å²) < 4.78 is 7.60. The van der Waals surface area contributed by atoms with Gasteiger partial charge in [-0.25, -0.2) is 9.78 Å². The maximum absolute atomic E-state index is 12.4. The van der Waals surface area contributed by atoms with E-state index in [9.17, 15) is 9.59 Å². The SMILES string of the molecule is Cc1cc(C)c(C(=O)OCc2cc(=O)n3cc(Br)ccc3n2)c(C)c1. The Labute approximate surface area is 153 Å². The first kappa shape index (κ1) is 17.4. The van der Waals surface area contributed by atoms with E-state index in [1.165, 1.54) is 10.5 Å². The summed E-state index contributed by atoms with van der Waals surface area (Å²) in [6, 6.07) is 8.80. The lowest BCUT2D eigenvalue weighted by Crippen LogP contribution is -2.17. The number of ether oxygens (including phenoxy) is 1. The fraction of sp³-hybridized carbons (Fsp3) is 0.211. The highest BCUT2D eigenvalue weighted by Crippen LogP contribution is 2.18. The molecule has 25 heavy (non-hydrogen) atoms. The number of fused-ring (bicyclic) bond motifs is 1. The first-order valence-corrected chi connectivity index (χ1v) is 8.57. The second-order valence-electron chi connectivity index (χ2n) is 6.01. The van der Waals surface area contributed by atoms with E-state index in [4.69, 9.17) is 4.74 Å². The average molecular weight is 401 g/mol. The predicted octanol–water partition coefficient (Wildman–Crippen LogP) is 3.74. The normalized spacial score (nSPS) is 10.9. The Balaban J connectivity index is 1.84. The third kappa shape index (κ3) is 3.64. The van der Waals surface area contributed by atoms with E-state index in [1.54, 1.807) is 18.3 Å². The number of nitrogens with zero attached hydrogens (tertiary/aromatic N) is 2. The zero-order valence-electron chi connectivity index (χ0n) is 14.2. The van der Waals surface area contributed by atoms with Crippen LogP contribution in [-0.2, 0) is 11.3 Å². The van der Waals surface area contributed by atoms with Crippen LogP contribution in [0, 0.1) is 20.8 Å². The summed E-state index contributed by atoms with van der Waals surface area (Å²) in [5, 5.41) is 0. The molecule has 0 saturated carbocycles. The largest absolute Gasteiger partial charge is 0.456 e. The molecule has 0 aliphatic carbocycles. The van der Waals surface area contributed by atoms with Crippen molar-refractivity contribution in [2.75, 3.05) is 0 Å². The van der Waals surface area contributed by atoms with Crippen LogP contribution in [0.5, 0.6) is 0 Å². The highest BCUT2D eigenvalue weighted by atomic mass is 79.9. The highest BCUT2D eigenvalue weighted by molar-refractivity contribution is 9.10.